The van der Waals surface area contributed by atoms with Crippen LogP contribution in [-0.2, 0) is 5.41 Å². The van der Waals surface area contributed by atoms with Crippen LogP contribution < -0.4 is 5.32 Å². The molecule has 3 heteroatoms. The first-order chi connectivity index (χ1) is 9.38. The van der Waals surface area contributed by atoms with Crippen LogP contribution in [0.1, 0.15) is 56.5 Å². The van der Waals surface area contributed by atoms with Crippen LogP contribution >= 0.6 is 15.9 Å². The maximum atomic E-state index is 12.1. The number of hydrogen-bond donors (Lipinski definition) is 1. The van der Waals surface area contributed by atoms with E-state index in [4.69, 9.17) is 0 Å². The Labute approximate surface area is 131 Å². The number of rotatable bonds is 6. The molecular weight excluding hydrogens is 314 g/mol. The molecule has 0 spiro atoms. The third-order valence-electron chi connectivity index (χ3n) is 3.66. The van der Waals surface area contributed by atoms with Crippen molar-refractivity contribution in [2.75, 3.05) is 11.9 Å². The molecule has 2 nitrogen and oxygen atoms in total. The van der Waals surface area contributed by atoms with Gasteiger partial charge in [-0.1, -0.05) is 62.2 Å². The lowest BCUT2D eigenvalue weighted by Gasteiger charge is -2.19. The topological polar surface area (TPSA) is 29.1 Å². The van der Waals surface area contributed by atoms with Crippen molar-refractivity contribution in [3.8, 4) is 0 Å². The molecule has 1 N–H and O–H groups in total. The highest BCUT2D eigenvalue weighted by atomic mass is 79.9. The first-order valence-corrected chi connectivity index (χ1v) is 8.45. The highest BCUT2D eigenvalue weighted by Gasteiger charge is 2.14. The molecule has 1 unspecified atom stereocenters. The summed E-state index contributed by atoms with van der Waals surface area (Å²) in [6.45, 7) is 9.44. The van der Waals surface area contributed by atoms with Crippen molar-refractivity contribution in [1.29, 1.82) is 0 Å². The molecule has 0 aliphatic rings. The van der Waals surface area contributed by atoms with Crippen LogP contribution in [0.4, 0.5) is 0 Å². The zero-order chi connectivity index (χ0) is 15.2. The number of nitrogens with one attached hydrogen (secondary N) is 1. The number of benzene rings is 1. The molecule has 1 atom stereocenters. The Hall–Kier alpha value is -0.830. The average Bonchev–Trinajstić information content (AvgIpc) is 2.42. The highest BCUT2D eigenvalue weighted by Crippen LogP contribution is 2.22. The third kappa shape index (κ3) is 5.28. The molecule has 1 amide bonds. The van der Waals surface area contributed by atoms with E-state index in [1.165, 1.54) is 5.56 Å². The van der Waals surface area contributed by atoms with Crippen LogP contribution in [0.15, 0.2) is 24.3 Å². The molecule has 0 saturated heterocycles. The minimum absolute atomic E-state index is 0.0264. The maximum absolute atomic E-state index is 12.1. The number of hydrogen-bond acceptors (Lipinski definition) is 1. The van der Waals surface area contributed by atoms with Gasteiger partial charge >= 0.3 is 0 Å². The van der Waals surface area contributed by atoms with Crippen LogP contribution in [0.3, 0.4) is 0 Å². The largest absolute Gasteiger partial charge is 0.352 e. The number of carbonyl (C=O) groups excluding carboxylic acids is 1. The van der Waals surface area contributed by atoms with Gasteiger partial charge in [-0.25, -0.2) is 0 Å². The van der Waals surface area contributed by atoms with E-state index in [0.29, 0.717) is 5.92 Å². The second-order valence-electron chi connectivity index (χ2n) is 6.29. The van der Waals surface area contributed by atoms with Gasteiger partial charge in [-0.2, -0.15) is 0 Å². The highest BCUT2D eigenvalue weighted by molar-refractivity contribution is 9.09. The van der Waals surface area contributed by atoms with E-state index in [9.17, 15) is 4.79 Å². The fraction of sp³-hybridized carbons (Fsp3) is 0.588. The SMILES string of the molecule is CCC(CCBr)CNC(=O)c1ccc(C(C)(C)C)cc1. The molecule has 0 bridgehead atoms. The Morgan fingerprint density at radius 3 is 2.30 bits per heavy atom. The zero-order valence-electron chi connectivity index (χ0n) is 13.0. The Kier molecular flexibility index (Phi) is 6.74. The van der Waals surface area contributed by atoms with Crippen LogP contribution in [0, 0.1) is 5.92 Å². The lowest BCUT2D eigenvalue weighted by Crippen LogP contribution is -2.29. The molecule has 0 aliphatic heterocycles. The fourth-order valence-corrected chi connectivity index (χ4v) is 2.71. The number of amides is 1. The lowest BCUT2D eigenvalue weighted by atomic mass is 9.86. The van der Waals surface area contributed by atoms with Crippen LogP contribution in [-0.4, -0.2) is 17.8 Å². The second kappa shape index (κ2) is 7.82. The summed E-state index contributed by atoms with van der Waals surface area (Å²) in [6.07, 6.45) is 2.19. The maximum Gasteiger partial charge on any atom is 0.251 e. The summed E-state index contributed by atoms with van der Waals surface area (Å²) >= 11 is 3.46. The van der Waals surface area contributed by atoms with Crippen LogP contribution in [0.2, 0.25) is 0 Å². The summed E-state index contributed by atoms with van der Waals surface area (Å²) in [5.41, 5.74) is 2.12. The van der Waals surface area contributed by atoms with Gasteiger partial charge in [0.2, 0.25) is 0 Å². The van der Waals surface area contributed by atoms with E-state index in [0.717, 1.165) is 30.3 Å². The van der Waals surface area contributed by atoms with Gasteiger partial charge in [0, 0.05) is 17.4 Å². The van der Waals surface area contributed by atoms with Crippen molar-refractivity contribution in [3.63, 3.8) is 0 Å². The molecule has 0 fully saturated rings. The van der Waals surface area contributed by atoms with Gasteiger partial charge < -0.3 is 5.32 Å². The quantitative estimate of drug-likeness (QED) is 0.758. The van der Waals surface area contributed by atoms with Crippen LogP contribution in [0.5, 0.6) is 0 Å². The molecule has 1 aromatic rings. The molecule has 0 radical (unpaired) electrons. The van der Waals surface area contributed by atoms with Gasteiger partial charge in [0.25, 0.3) is 5.91 Å². The monoisotopic (exact) mass is 339 g/mol. The van der Waals surface area contributed by atoms with Gasteiger partial charge in [-0.05, 0) is 35.4 Å². The Morgan fingerprint density at radius 2 is 1.85 bits per heavy atom. The molecule has 0 aromatic heterocycles. The predicted octanol–water partition coefficient (Wildman–Crippen LogP) is 4.53. The van der Waals surface area contributed by atoms with E-state index in [-0.39, 0.29) is 11.3 Å². The first-order valence-electron chi connectivity index (χ1n) is 7.33. The predicted molar refractivity (Wildman–Crippen MR) is 89.7 cm³/mol. The Balaban J connectivity index is 2.60. The van der Waals surface area contributed by atoms with E-state index >= 15 is 0 Å². The number of alkyl halides is 1. The molecule has 0 heterocycles. The number of carbonyl (C=O) groups is 1. The van der Waals surface area contributed by atoms with Gasteiger partial charge in [-0.3, -0.25) is 4.79 Å². The molecule has 1 rings (SSSR count). The summed E-state index contributed by atoms with van der Waals surface area (Å²) in [5, 5.41) is 4.02. The molecule has 1 aromatic carbocycles. The van der Waals surface area contributed by atoms with Crippen molar-refractivity contribution < 1.29 is 4.79 Å². The standard InChI is InChI=1S/C17H26BrNO/c1-5-13(10-11-18)12-19-16(20)14-6-8-15(9-7-14)17(2,3)4/h6-9,13H,5,10-12H2,1-4H3,(H,19,20). The summed E-state index contributed by atoms with van der Waals surface area (Å²) < 4.78 is 0. The van der Waals surface area contributed by atoms with Crippen molar-refractivity contribution in [1.82, 2.24) is 5.32 Å². The minimum Gasteiger partial charge on any atom is -0.352 e. The van der Waals surface area contributed by atoms with Crippen molar-refractivity contribution in [2.45, 2.75) is 46.0 Å². The average molecular weight is 340 g/mol. The summed E-state index contributed by atoms with van der Waals surface area (Å²) in [5.74, 6) is 0.575. The first kappa shape index (κ1) is 17.2. The summed E-state index contributed by atoms with van der Waals surface area (Å²) in [7, 11) is 0. The normalized spacial score (nSPS) is 13.1. The van der Waals surface area contributed by atoms with E-state index < -0.39 is 0 Å². The van der Waals surface area contributed by atoms with Crippen molar-refractivity contribution in [2.24, 2.45) is 5.92 Å². The Bertz CT molecular complexity index is 420. The molecule has 112 valence electrons. The van der Waals surface area contributed by atoms with Crippen molar-refractivity contribution in [3.05, 3.63) is 35.4 Å². The van der Waals surface area contributed by atoms with E-state index in [1.54, 1.807) is 0 Å². The Morgan fingerprint density at radius 1 is 1.25 bits per heavy atom. The van der Waals surface area contributed by atoms with Gasteiger partial charge in [-0.15, -0.1) is 0 Å². The molecule has 0 saturated carbocycles. The minimum atomic E-state index is 0.0264. The molecular formula is C17H26BrNO. The lowest BCUT2D eigenvalue weighted by molar-refractivity contribution is 0.0946. The molecule has 0 aliphatic carbocycles. The summed E-state index contributed by atoms with van der Waals surface area (Å²) in [4.78, 5) is 12.1. The van der Waals surface area contributed by atoms with Crippen molar-refractivity contribution >= 4 is 21.8 Å². The fourth-order valence-electron chi connectivity index (χ4n) is 2.07. The smallest absolute Gasteiger partial charge is 0.251 e. The number of halogens is 1. The van der Waals surface area contributed by atoms with Gasteiger partial charge in [0.1, 0.15) is 0 Å². The van der Waals surface area contributed by atoms with Gasteiger partial charge in [0.05, 0.1) is 0 Å². The van der Waals surface area contributed by atoms with E-state index in [1.807, 2.05) is 24.3 Å². The van der Waals surface area contributed by atoms with Crippen LogP contribution in [0.25, 0.3) is 0 Å². The van der Waals surface area contributed by atoms with E-state index in [2.05, 4.69) is 48.9 Å². The third-order valence-corrected chi connectivity index (χ3v) is 4.12. The summed E-state index contributed by atoms with van der Waals surface area (Å²) in [6, 6.07) is 7.93. The molecule has 20 heavy (non-hydrogen) atoms. The zero-order valence-corrected chi connectivity index (χ0v) is 14.6. The second-order valence-corrected chi connectivity index (χ2v) is 7.08. The van der Waals surface area contributed by atoms with Gasteiger partial charge in [0.15, 0.2) is 0 Å².